The Morgan fingerprint density at radius 2 is 1.75 bits per heavy atom. The number of hydrogen-bond acceptors (Lipinski definition) is 5. The summed E-state index contributed by atoms with van der Waals surface area (Å²) < 4.78 is 28.3. The second kappa shape index (κ2) is 7.27. The summed E-state index contributed by atoms with van der Waals surface area (Å²) in [6.45, 7) is 5.21. The number of rotatable bonds is 3. The number of nitrogens with zero attached hydrogens (tertiary/aromatic N) is 3. The topological polar surface area (TPSA) is 70.6 Å². The molecular formula is C20H21N3O3S2. The van der Waals surface area contributed by atoms with Gasteiger partial charge in [-0.15, -0.1) is 11.3 Å². The van der Waals surface area contributed by atoms with E-state index >= 15 is 0 Å². The molecule has 28 heavy (non-hydrogen) atoms. The molecule has 0 aliphatic carbocycles. The molecule has 1 aliphatic heterocycles. The normalized spacial score (nSPS) is 15.9. The van der Waals surface area contributed by atoms with Crippen molar-refractivity contribution in [3.8, 4) is 0 Å². The maximum atomic E-state index is 12.9. The zero-order valence-electron chi connectivity index (χ0n) is 15.8. The molecule has 0 radical (unpaired) electrons. The van der Waals surface area contributed by atoms with Crippen LogP contribution in [0.1, 0.15) is 21.5 Å². The van der Waals surface area contributed by atoms with Crippen molar-refractivity contribution in [1.29, 1.82) is 0 Å². The predicted octanol–water partition coefficient (Wildman–Crippen LogP) is 3.06. The zero-order chi connectivity index (χ0) is 19.9. The first kappa shape index (κ1) is 19.0. The van der Waals surface area contributed by atoms with E-state index in [2.05, 4.69) is 4.98 Å². The van der Waals surface area contributed by atoms with Crippen LogP contribution in [0.3, 0.4) is 0 Å². The van der Waals surface area contributed by atoms with Crippen LogP contribution in [0.5, 0.6) is 0 Å². The Hall–Kier alpha value is -2.29. The van der Waals surface area contributed by atoms with E-state index in [1.807, 2.05) is 32.0 Å². The van der Waals surface area contributed by atoms with E-state index < -0.39 is 10.0 Å². The highest BCUT2D eigenvalue weighted by Gasteiger charge is 2.30. The molecule has 1 aromatic heterocycles. The van der Waals surface area contributed by atoms with Crippen LogP contribution in [0.15, 0.2) is 46.8 Å². The van der Waals surface area contributed by atoms with E-state index in [1.54, 1.807) is 28.6 Å². The number of carbonyl (C=O) groups excluding carboxylic acids is 1. The quantitative estimate of drug-likeness (QED) is 0.659. The zero-order valence-corrected chi connectivity index (χ0v) is 17.4. The second-order valence-corrected chi connectivity index (χ2v) is 9.80. The van der Waals surface area contributed by atoms with Crippen molar-refractivity contribution in [1.82, 2.24) is 14.2 Å². The summed E-state index contributed by atoms with van der Waals surface area (Å²) in [6, 6.07) is 10.7. The second-order valence-electron chi connectivity index (χ2n) is 6.98. The number of benzene rings is 2. The molecule has 6 nitrogen and oxygen atoms in total. The molecule has 0 N–H and O–H groups in total. The highest BCUT2D eigenvalue weighted by molar-refractivity contribution is 7.89. The Bertz CT molecular complexity index is 1150. The molecule has 3 aromatic rings. The maximum absolute atomic E-state index is 12.9. The SMILES string of the molecule is Cc1ccc(S(=O)(=O)N2CCN(C(=O)c3ccc4ncsc4c3)CC2)cc1C. The highest BCUT2D eigenvalue weighted by atomic mass is 32.2. The van der Waals surface area contributed by atoms with Crippen molar-refractivity contribution in [2.45, 2.75) is 18.7 Å². The summed E-state index contributed by atoms with van der Waals surface area (Å²) in [4.78, 5) is 19.1. The molecule has 1 saturated heterocycles. The summed E-state index contributed by atoms with van der Waals surface area (Å²) in [6.07, 6.45) is 0. The molecule has 1 aliphatic rings. The fourth-order valence-corrected chi connectivity index (χ4v) is 5.55. The standard InChI is InChI=1S/C20H21N3O3S2/c1-14-3-5-17(11-15(14)2)28(25,26)23-9-7-22(8-10-23)20(24)16-4-6-18-19(12-16)27-13-21-18/h3-6,11-13H,7-10H2,1-2H3. The van der Waals surface area contributed by atoms with E-state index in [1.165, 1.54) is 15.6 Å². The van der Waals surface area contributed by atoms with Crippen molar-refractivity contribution < 1.29 is 13.2 Å². The molecule has 0 bridgehead atoms. The van der Waals surface area contributed by atoms with Crippen molar-refractivity contribution >= 4 is 37.5 Å². The third-order valence-corrected chi connectivity index (χ3v) is 7.91. The molecule has 1 amide bonds. The smallest absolute Gasteiger partial charge is 0.253 e. The Kier molecular flexibility index (Phi) is 4.95. The van der Waals surface area contributed by atoms with Crippen LogP contribution in [0.2, 0.25) is 0 Å². The Balaban J connectivity index is 1.47. The van der Waals surface area contributed by atoms with Gasteiger partial charge in [0.2, 0.25) is 10.0 Å². The average Bonchev–Trinajstić information content (AvgIpc) is 3.17. The molecule has 8 heteroatoms. The largest absolute Gasteiger partial charge is 0.336 e. The van der Waals surface area contributed by atoms with Gasteiger partial charge >= 0.3 is 0 Å². The van der Waals surface area contributed by atoms with Gasteiger partial charge in [0.25, 0.3) is 5.91 Å². The number of carbonyl (C=O) groups is 1. The average molecular weight is 416 g/mol. The monoisotopic (exact) mass is 415 g/mol. The van der Waals surface area contributed by atoms with Gasteiger partial charge in [0, 0.05) is 31.7 Å². The van der Waals surface area contributed by atoms with Gasteiger partial charge < -0.3 is 4.90 Å². The molecule has 146 valence electrons. The minimum Gasteiger partial charge on any atom is -0.336 e. The van der Waals surface area contributed by atoms with Gasteiger partial charge in [0.15, 0.2) is 0 Å². The summed E-state index contributed by atoms with van der Waals surface area (Å²) in [7, 11) is -3.55. The number of piperazine rings is 1. The number of sulfonamides is 1. The van der Waals surface area contributed by atoms with Crippen LogP contribution in [0.4, 0.5) is 0 Å². The summed E-state index contributed by atoms with van der Waals surface area (Å²) >= 11 is 1.50. The Labute approximate surface area is 168 Å². The molecule has 2 heterocycles. The first-order chi connectivity index (χ1) is 13.4. The highest BCUT2D eigenvalue weighted by Crippen LogP contribution is 2.23. The van der Waals surface area contributed by atoms with Crippen LogP contribution in [-0.4, -0.2) is 54.7 Å². The summed E-state index contributed by atoms with van der Waals surface area (Å²) in [5.41, 5.74) is 5.27. The van der Waals surface area contributed by atoms with Crippen LogP contribution in [-0.2, 0) is 10.0 Å². The van der Waals surface area contributed by atoms with Crippen LogP contribution in [0, 0.1) is 13.8 Å². The van der Waals surface area contributed by atoms with Gasteiger partial charge in [-0.2, -0.15) is 4.31 Å². The molecular weight excluding hydrogens is 394 g/mol. The fraction of sp³-hybridized carbons (Fsp3) is 0.300. The minimum atomic E-state index is -3.55. The number of hydrogen-bond donors (Lipinski definition) is 0. The first-order valence-electron chi connectivity index (χ1n) is 9.06. The third-order valence-electron chi connectivity index (χ3n) is 5.22. The first-order valence-corrected chi connectivity index (χ1v) is 11.4. The molecule has 4 rings (SSSR count). The molecule has 1 fully saturated rings. The van der Waals surface area contributed by atoms with Crippen LogP contribution in [0.25, 0.3) is 10.2 Å². The van der Waals surface area contributed by atoms with Crippen molar-refractivity contribution in [2.24, 2.45) is 0 Å². The van der Waals surface area contributed by atoms with E-state index in [4.69, 9.17) is 0 Å². The summed E-state index contributed by atoms with van der Waals surface area (Å²) in [5, 5.41) is 0. The fourth-order valence-electron chi connectivity index (χ4n) is 3.33. The van der Waals surface area contributed by atoms with Crippen LogP contribution >= 0.6 is 11.3 Å². The predicted molar refractivity (Wildman–Crippen MR) is 110 cm³/mol. The Morgan fingerprint density at radius 1 is 1.00 bits per heavy atom. The molecule has 0 spiro atoms. The number of aryl methyl sites for hydroxylation is 2. The molecule has 0 unspecified atom stereocenters. The Morgan fingerprint density at radius 3 is 2.46 bits per heavy atom. The van der Waals surface area contributed by atoms with E-state index in [9.17, 15) is 13.2 Å². The number of thiazole rings is 1. The van der Waals surface area contributed by atoms with Gasteiger partial charge in [-0.05, 0) is 55.3 Å². The van der Waals surface area contributed by atoms with Crippen LogP contribution < -0.4 is 0 Å². The maximum Gasteiger partial charge on any atom is 0.253 e. The lowest BCUT2D eigenvalue weighted by atomic mass is 10.1. The van der Waals surface area contributed by atoms with E-state index in [0.717, 1.165) is 21.3 Å². The van der Waals surface area contributed by atoms with Crippen molar-refractivity contribution in [2.75, 3.05) is 26.2 Å². The van der Waals surface area contributed by atoms with E-state index in [0.29, 0.717) is 36.6 Å². The number of amides is 1. The molecule has 2 aromatic carbocycles. The minimum absolute atomic E-state index is 0.0708. The molecule has 0 saturated carbocycles. The van der Waals surface area contributed by atoms with E-state index in [-0.39, 0.29) is 5.91 Å². The lowest BCUT2D eigenvalue weighted by Crippen LogP contribution is -2.50. The third kappa shape index (κ3) is 3.43. The van der Waals surface area contributed by atoms with Gasteiger partial charge in [-0.25, -0.2) is 13.4 Å². The van der Waals surface area contributed by atoms with Gasteiger partial charge in [0.05, 0.1) is 20.6 Å². The molecule has 0 atom stereocenters. The van der Waals surface area contributed by atoms with Gasteiger partial charge in [-0.3, -0.25) is 4.79 Å². The van der Waals surface area contributed by atoms with Gasteiger partial charge in [0.1, 0.15) is 0 Å². The van der Waals surface area contributed by atoms with Gasteiger partial charge in [-0.1, -0.05) is 6.07 Å². The lowest BCUT2D eigenvalue weighted by Gasteiger charge is -2.34. The number of aromatic nitrogens is 1. The van der Waals surface area contributed by atoms with Crippen molar-refractivity contribution in [3.05, 3.63) is 58.6 Å². The lowest BCUT2D eigenvalue weighted by molar-refractivity contribution is 0.0698. The number of fused-ring (bicyclic) bond motifs is 1. The van der Waals surface area contributed by atoms with Crippen molar-refractivity contribution in [3.63, 3.8) is 0 Å². The summed E-state index contributed by atoms with van der Waals surface area (Å²) in [5.74, 6) is -0.0708.